The molecule has 186 valence electrons. The standard InChI is InChI=1S/C24H27N3O8/c1-9(26-35-4)12-8-14(27(2)3)13-6-10-5-11-7-15(28)18(23(25)33)22(32)24(11,34)21(31)16(10)20(30)17(13)19(12)29/h8,10-11,16,18,29,34H,5-7H2,1-4H3,(H2,25,33)/t10-,11+,16?,18?,24+/m1/s1. The average molecular weight is 485 g/mol. The molecule has 1 aromatic carbocycles. The fourth-order valence-corrected chi connectivity index (χ4v) is 5.88. The summed E-state index contributed by atoms with van der Waals surface area (Å²) >= 11 is 0. The van der Waals surface area contributed by atoms with Crippen LogP contribution in [0.15, 0.2) is 11.2 Å². The minimum Gasteiger partial charge on any atom is -0.506 e. The van der Waals surface area contributed by atoms with Crippen molar-refractivity contribution < 1.29 is 39.0 Å². The Morgan fingerprint density at radius 3 is 2.43 bits per heavy atom. The van der Waals surface area contributed by atoms with E-state index in [4.69, 9.17) is 10.6 Å². The number of Topliss-reactive ketones (excluding diaryl/α,β-unsaturated/α-hetero) is 4. The van der Waals surface area contributed by atoms with Crippen molar-refractivity contribution in [3.8, 4) is 5.75 Å². The second-order valence-electron chi connectivity index (χ2n) is 9.64. The van der Waals surface area contributed by atoms with E-state index >= 15 is 0 Å². The SMILES string of the molecule is CON=C(C)c1cc(N(C)C)c2c(c1O)C(=O)C1C(=O)[C@]3(O)C(=O)C(C(N)=O)C(=O)C[C@@H]3C[C@@H]1C2. The van der Waals surface area contributed by atoms with Crippen molar-refractivity contribution in [2.24, 2.45) is 34.6 Å². The molecule has 1 amide bonds. The molecule has 0 spiro atoms. The molecule has 0 radical (unpaired) electrons. The van der Waals surface area contributed by atoms with E-state index in [-0.39, 0.29) is 36.1 Å². The predicted molar refractivity (Wildman–Crippen MR) is 122 cm³/mol. The average Bonchev–Trinajstić information content (AvgIpc) is 2.76. The zero-order chi connectivity index (χ0) is 26.0. The van der Waals surface area contributed by atoms with Crippen LogP contribution in [0.25, 0.3) is 0 Å². The number of phenolic OH excluding ortho intramolecular Hbond substituents is 1. The van der Waals surface area contributed by atoms with Crippen LogP contribution in [0, 0.1) is 23.7 Å². The van der Waals surface area contributed by atoms with Gasteiger partial charge in [-0.2, -0.15) is 0 Å². The molecule has 3 aliphatic rings. The van der Waals surface area contributed by atoms with Gasteiger partial charge in [0.05, 0.1) is 17.2 Å². The number of rotatable bonds is 4. The summed E-state index contributed by atoms with van der Waals surface area (Å²) < 4.78 is 0. The monoisotopic (exact) mass is 485 g/mol. The van der Waals surface area contributed by atoms with Gasteiger partial charge in [0, 0.05) is 37.7 Å². The Hall–Kier alpha value is -3.60. The molecular formula is C24H27N3O8. The number of nitrogens with two attached hydrogens (primary N) is 1. The van der Waals surface area contributed by atoms with Crippen LogP contribution in [0.4, 0.5) is 5.69 Å². The van der Waals surface area contributed by atoms with E-state index in [0.29, 0.717) is 17.0 Å². The first-order valence-electron chi connectivity index (χ1n) is 11.2. The van der Waals surface area contributed by atoms with Crippen molar-refractivity contribution in [1.82, 2.24) is 0 Å². The zero-order valence-corrected chi connectivity index (χ0v) is 19.8. The molecule has 0 heterocycles. The number of carbonyl (C=O) groups excluding carboxylic acids is 5. The van der Waals surface area contributed by atoms with Gasteiger partial charge in [-0.3, -0.25) is 24.0 Å². The Morgan fingerprint density at radius 2 is 1.86 bits per heavy atom. The van der Waals surface area contributed by atoms with E-state index in [1.54, 1.807) is 32.0 Å². The van der Waals surface area contributed by atoms with Crippen LogP contribution in [0.2, 0.25) is 0 Å². The molecular weight excluding hydrogens is 458 g/mol. The molecule has 4 N–H and O–H groups in total. The number of fused-ring (bicyclic) bond motifs is 3. The lowest BCUT2D eigenvalue weighted by Crippen LogP contribution is -2.68. The fraction of sp³-hybridized carbons (Fsp3) is 0.500. The number of ketones is 4. The number of hydrogen-bond donors (Lipinski definition) is 3. The topological polar surface area (TPSA) is 177 Å². The summed E-state index contributed by atoms with van der Waals surface area (Å²) in [4.78, 5) is 71.1. The number of carbonyl (C=O) groups is 5. The van der Waals surface area contributed by atoms with Gasteiger partial charge in [0.25, 0.3) is 0 Å². The van der Waals surface area contributed by atoms with Crippen molar-refractivity contribution in [2.75, 3.05) is 26.1 Å². The highest BCUT2D eigenvalue weighted by Crippen LogP contribution is 2.51. The van der Waals surface area contributed by atoms with Gasteiger partial charge in [-0.25, -0.2) is 0 Å². The van der Waals surface area contributed by atoms with Crippen molar-refractivity contribution in [3.05, 3.63) is 22.8 Å². The lowest BCUT2D eigenvalue weighted by molar-refractivity contribution is -0.175. The Labute approximate surface area is 200 Å². The van der Waals surface area contributed by atoms with Crippen LogP contribution >= 0.6 is 0 Å². The lowest BCUT2D eigenvalue weighted by Gasteiger charge is -2.48. The Bertz CT molecular complexity index is 1220. The van der Waals surface area contributed by atoms with Crippen LogP contribution < -0.4 is 10.6 Å². The first kappa shape index (κ1) is 24.5. The van der Waals surface area contributed by atoms with Crippen LogP contribution in [-0.2, 0) is 30.4 Å². The molecule has 2 saturated carbocycles. The largest absolute Gasteiger partial charge is 0.506 e. The van der Waals surface area contributed by atoms with Gasteiger partial charge in [-0.1, -0.05) is 5.16 Å². The van der Waals surface area contributed by atoms with E-state index < -0.39 is 58.3 Å². The summed E-state index contributed by atoms with van der Waals surface area (Å²) in [7, 11) is 4.87. The maximum absolute atomic E-state index is 13.7. The summed E-state index contributed by atoms with van der Waals surface area (Å²) in [6.07, 6.45) is -0.128. The zero-order valence-electron chi connectivity index (χ0n) is 19.8. The second kappa shape index (κ2) is 8.26. The predicted octanol–water partition coefficient (Wildman–Crippen LogP) is -0.237. The quantitative estimate of drug-likeness (QED) is 0.295. The molecule has 3 aliphatic carbocycles. The highest BCUT2D eigenvalue weighted by molar-refractivity contribution is 6.31. The van der Waals surface area contributed by atoms with Crippen LogP contribution in [0.5, 0.6) is 5.75 Å². The minimum absolute atomic E-state index is 0.0423. The number of anilines is 1. The molecule has 4 rings (SSSR count). The van der Waals surface area contributed by atoms with E-state index in [0.717, 1.165) is 0 Å². The summed E-state index contributed by atoms with van der Waals surface area (Å²) in [5, 5.41) is 26.2. The summed E-state index contributed by atoms with van der Waals surface area (Å²) in [5.41, 5.74) is 4.12. The van der Waals surface area contributed by atoms with Crippen LogP contribution in [0.1, 0.15) is 41.3 Å². The molecule has 5 atom stereocenters. The third-order valence-electron chi connectivity index (χ3n) is 7.48. The van der Waals surface area contributed by atoms with Gasteiger partial charge in [-0.15, -0.1) is 0 Å². The van der Waals surface area contributed by atoms with Gasteiger partial charge in [0.2, 0.25) is 5.91 Å². The lowest BCUT2D eigenvalue weighted by atomic mass is 9.53. The fourth-order valence-electron chi connectivity index (χ4n) is 5.88. The van der Waals surface area contributed by atoms with Crippen molar-refractivity contribution in [1.29, 1.82) is 0 Å². The number of oxime groups is 1. The molecule has 1 aromatic rings. The number of aliphatic hydroxyl groups is 1. The Kier molecular flexibility index (Phi) is 5.79. The number of amides is 1. The molecule has 2 fully saturated rings. The highest BCUT2D eigenvalue weighted by atomic mass is 16.6. The van der Waals surface area contributed by atoms with Gasteiger partial charge in [0.15, 0.2) is 34.7 Å². The second-order valence-corrected chi connectivity index (χ2v) is 9.64. The van der Waals surface area contributed by atoms with Crippen molar-refractivity contribution in [2.45, 2.75) is 31.8 Å². The van der Waals surface area contributed by atoms with Crippen LogP contribution in [-0.4, -0.2) is 71.8 Å². The van der Waals surface area contributed by atoms with Gasteiger partial charge >= 0.3 is 0 Å². The minimum atomic E-state index is -2.67. The molecule has 0 bridgehead atoms. The number of aromatic hydroxyl groups is 1. The van der Waals surface area contributed by atoms with Gasteiger partial charge in [-0.05, 0) is 37.3 Å². The highest BCUT2D eigenvalue weighted by Gasteiger charge is 2.66. The van der Waals surface area contributed by atoms with Crippen molar-refractivity contribution in [3.63, 3.8) is 0 Å². The van der Waals surface area contributed by atoms with E-state index in [1.807, 2.05) is 0 Å². The Balaban J connectivity index is 1.88. The van der Waals surface area contributed by atoms with Gasteiger partial charge < -0.3 is 25.7 Å². The smallest absolute Gasteiger partial charge is 0.235 e. The molecule has 35 heavy (non-hydrogen) atoms. The normalized spacial score (nSPS) is 30.4. The van der Waals surface area contributed by atoms with Crippen molar-refractivity contribution >= 4 is 40.4 Å². The first-order chi connectivity index (χ1) is 16.4. The number of hydrogen-bond acceptors (Lipinski definition) is 10. The third kappa shape index (κ3) is 3.36. The molecule has 11 heteroatoms. The number of benzene rings is 1. The summed E-state index contributed by atoms with van der Waals surface area (Å²) in [5.74, 6) is -10.5. The van der Waals surface area contributed by atoms with Gasteiger partial charge in [0.1, 0.15) is 12.9 Å². The summed E-state index contributed by atoms with van der Waals surface area (Å²) in [6.45, 7) is 1.58. The number of phenols is 1. The molecule has 11 nitrogen and oxygen atoms in total. The number of nitrogens with zero attached hydrogens (tertiary/aromatic N) is 2. The molecule has 0 aliphatic heterocycles. The first-order valence-corrected chi connectivity index (χ1v) is 11.2. The van der Waals surface area contributed by atoms with E-state index in [1.165, 1.54) is 7.11 Å². The van der Waals surface area contributed by atoms with Crippen LogP contribution in [0.3, 0.4) is 0 Å². The summed E-state index contributed by atoms with van der Waals surface area (Å²) in [6, 6.07) is 1.67. The van der Waals surface area contributed by atoms with E-state index in [9.17, 15) is 34.2 Å². The molecule has 0 saturated heterocycles. The molecule has 0 aromatic heterocycles. The Morgan fingerprint density at radius 1 is 1.20 bits per heavy atom. The number of primary amides is 1. The maximum atomic E-state index is 13.7. The van der Waals surface area contributed by atoms with E-state index in [2.05, 4.69) is 5.16 Å². The molecule has 2 unspecified atom stereocenters. The third-order valence-corrected chi connectivity index (χ3v) is 7.48. The maximum Gasteiger partial charge on any atom is 0.235 e.